The molecule has 1 aromatic rings. The summed E-state index contributed by atoms with van der Waals surface area (Å²) in [7, 11) is 0. The number of aromatic nitrogens is 1. The number of halogens is 3. The summed E-state index contributed by atoms with van der Waals surface area (Å²) in [6, 6.07) is 0. The minimum Gasteiger partial charge on any atom is -0.481 e. The Hall–Kier alpha value is -2.03. The summed E-state index contributed by atoms with van der Waals surface area (Å²) in [5.74, 6) is -2.16. The summed E-state index contributed by atoms with van der Waals surface area (Å²) < 4.78 is 40.3. The van der Waals surface area contributed by atoms with Crippen molar-refractivity contribution in [3.05, 3.63) is 17.5 Å². The number of ether oxygens (including phenoxy) is 1. The van der Waals surface area contributed by atoms with Crippen LogP contribution in [0.2, 0.25) is 0 Å². The maximum Gasteiger partial charge on any atom is 0.573 e. The lowest BCUT2D eigenvalue weighted by Gasteiger charge is -2.15. The van der Waals surface area contributed by atoms with Crippen molar-refractivity contribution < 1.29 is 27.8 Å². The van der Waals surface area contributed by atoms with Gasteiger partial charge in [-0.25, -0.2) is 0 Å². The molecule has 0 aliphatic heterocycles. The average Bonchev–Trinajstić information content (AvgIpc) is 2.21. The molecule has 0 spiro atoms. The molecule has 0 radical (unpaired) electrons. The smallest absolute Gasteiger partial charge is 0.481 e. The van der Waals surface area contributed by atoms with Crippen molar-refractivity contribution in [3.63, 3.8) is 0 Å². The minimum atomic E-state index is -4.99. The largest absolute Gasteiger partial charge is 0.573 e. The van der Waals surface area contributed by atoms with Crippen LogP contribution in [0.1, 0.15) is 11.3 Å². The summed E-state index contributed by atoms with van der Waals surface area (Å²) in [5, 5.41) is 8.56. The van der Waals surface area contributed by atoms with E-state index in [2.05, 4.69) is 9.72 Å². The van der Waals surface area contributed by atoms with Crippen molar-refractivity contribution in [3.8, 4) is 5.75 Å². The van der Waals surface area contributed by atoms with Gasteiger partial charge in [-0.3, -0.25) is 9.78 Å². The Kier molecular flexibility index (Phi) is 3.96. The highest BCUT2D eigenvalue weighted by molar-refractivity contribution is 5.72. The lowest BCUT2D eigenvalue weighted by Crippen LogP contribution is -2.21. The number of carboxylic acid groups (broad SMARTS) is 1. The van der Waals surface area contributed by atoms with Crippen LogP contribution in [-0.4, -0.2) is 22.4 Å². The number of nitrogens with two attached hydrogens (primary N) is 2. The summed E-state index contributed by atoms with van der Waals surface area (Å²) in [4.78, 5) is 14.1. The Balaban J connectivity index is 3.26. The van der Waals surface area contributed by atoms with Gasteiger partial charge in [0.05, 0.1) is 17.8 Å². The van der Waals surface area contributed by atoms with Crippen LogP contribution in [0.3, 0.4) is 0 Å². The minimum absolute atomic E-state index is 0.138. The Morgan fingerprint density at radius 3 is 2.56 bits per heavy atom. The molecule has 0 aromatic carbocycles. The van der Waals surface area contributed by atoms with Gasteiger partial charge in [0, 0.05) is 18.3 Å². The molecule has 18 heavy (non-hydrogen) atoms. The molecule has 0 atom stereocenters. The molecule has 100 valence electrons. The first-order valence-electron chi connectivity index (χ1n) is 4.68. The fraction of sp³-hybridized carbons (Fsp3) is 0.333. The van der Waals surface area contributed by atoms with Gasteiger partial charge >= 0.3 is 12.3 Å². The van der Waals surface area contributed by atoms with Crippen LogP contribution in [0.25, 0.3) is 0 Å². The lowest BCUT2D eigenvalue weighted by atomic mass is 10.1. The first-order chi connectivity index (χ1) is 8.24. The van der Waals surface area contributed by atoms with Crippen LogP contribution in [0, 0.1) is 0 Å². The monoisotopic (exact) mass is 265 g/mol. The van der Waals surface area contributed by atoms with E-state index in [-0.39, 0.29) is 17.8 Å². The molecular formula is C9H10F3N3O3. The van der Waals surface area contributed by atoms with E-state index in [1.165, 1.54) is 0 Å². The maximum absolute atomic E-state index is 12.2. The Bertz CT molecular complexity index is 462. The number of nitrogens with zero attached hydrogens (tertiary/aromatic N) is 1. The highest BCUT2D eigenvalue weighted by Gasteiger charge is 2.34. The van der Waals surface area contributed by atoms with Gasteiger partial charge < -0.3 is 21.3 Å². The number of aliphatic carboxylic acids is 1. The maximum atomic E-state index is 12.2. The second-order valence-electron chi connectivity index (χ2n) is 3.30. The van der Waals surface area contributed by atoms with Crippen molar-refractivity contribution >= 4 is 11.7 Å². The summed E-state index contributed by atoms with van der Waals surface area (Å²) in [6.07, 6.45) is -4.60. The quantitative estimate of drug-likeness (QED) is 0.736. The molecule has 0 saturated carbocycles. The van der Waals surface area contributed by atoms with Crippen LogP contribution in [0.4, 0.5) is 18.9 Å². The van der Waals surface area contributed by atoms with E-state index < -0.39 is 30.2 Å². The van der Waals surface area contributed by atoms with E-state index in [0.29, 0.717) is 0 Å². The lowest BCUT2D eigenvalue weighted by molar-refractivity contribution is -0.274. The normalized spacial score (nSPS) is 11.3. The number of anilines is 1. The van der Waals surface area contributed by atoms with Gasteiger partial charge in [-0.1, -0.05) is 0 Å². The number of hydrogen-bond acceptors (Lipinski definition) is 5. The number of carboxylic acids is 1. The van der Waals surface area contributed by atoms with Crippen molar-refractivity contribution in [2.75, 3.05) is 5.73 Å². The first-order valence-corrected chi connectivity index (χ1v) is 4.68. The number of hydrogen-bond donors (Lipinski definition) is 3. The molecule has 0 saturated heterocycles. The molecule has 1 aromatic heterocycles. The summed E-state index contributed by atoms with van der Waals surface area (Å²) in [6.45, 7) is -0.138. The van der Waals surface area contributed by atoms with Crippen molar-refractivity contribution in [2.45, 2.75) is 19.3 Å². The van der Waals surface area contributed by atoms with E-state index in [0.717, 1.165) is 6.20 Å². The number of alkyl halides is 3. The Morgan fingerprint density at radius 2 is 2.11 bits per heavy atom. The van der Waals surface area contributed by atoms with Gasteiger partial charge in [0.25, 0.3) is 0 Å². The molecule has 1 rings (SSSR count). The second kappa shape index (κ2) is 5.08. The molecule has 0 unspecified atom stereocenters. The van der Waals surface area contributed by atoms with Gasteiger partial charge in [0.15, 0.2) is 5.75 Å². The third-order valence-electron chi connectivity index (χ3n) is 1.99. The summed E-state index contributed by atoms with van der Waals surface area (Å²) in [5.41, 5.74) is 10.1. The fourth-order valence-corrected chi connectivity index (χ4v) is 1.25. The van der Waals surface area contributed by atoms with Crippen LogP contribution >= 0.6 is 0 Å². The molecule has 9 heteroatoms. The van der Waals surface area contributed by atoms with E-state index in [9.17, 15) is 18.0 Å². The SMILES string of the molecule is NCc1cnc(CC(=O)O)c(OC(F)(F)F)c1N. The van der Waals surface area contributed by atoms with Crippen molar-refractivity contribution in [2.24, 2.45) is 5.73 Å². The summed E-state index contributed by atoms with van der Waals surface area (Å²) >= 11 is 0. The van der Waals surface area contributed by atoms with E-state index in [1.54, 1.807) is 0 Å². The highest BCUT2D eigenvalue weighted by Crippen LogP contribution is 2.33. The third-order valence-corrected chi connectivity index (χ3v) is 1.99. The molecule has 6 nitrogen and oxygen atoms in total. The Labute approximate surface area is 99.4 Å². The topological polar surface area (TPSA) is 111 Å². The van der Waals surface area contributed by atoms with Gasteiger partial charge in [-0.15, -0.1) is 13.2 Å². The zero-order valence-corrected chi connectivity index (χ0v) is 8.99. The number of pyridine rings is 1. The first kappa shape index (κ1) is 14.0. The van der Waals surface area contributed by atoms with Gasteiger partial charge in [-0.2, -0.15) is 0 Å². The highest BCUT2D eigenvalue weighted by atomic mass is 19.4. The standard InChI is InChI=1S/C9H10F3N3O3/c10-9(11,12)18-8-5(1-6(16)17)15-3-4(2-13)7(8)14/h3H,1-2,13H2,(H2,14,15)(H,16,17). The molecule has 0 bridgehead atoms. The van der Waals surface area contributed by atoms with Crippen LogP contribution < -0.4 is 16.2 Å². The number of carbonyl (C=O) groups is 1. The number of nitrogen functional groups attached to an aromatic ring is 1. The van der Waals surface area contributed by atoms with Crippen LogP contribution in [-0.2, 0) is 17.8 Å². The van der Waals surface area contributed by atoms with Crippen LogP contribution in [0.15, 0.2) is 6.20 Å². The number of rotatable bonds is 4. The second-order valence-corrected chi connectivity index (χ2v) is 3.30. The van der Waals surface area contributed by atoms with Crippen molar-refractivity contribution in [1.29, 1.82) is 0 Å². The van der Waals surface area contributed by atoms with Crippen LogP contribution in [0.5, 0.6) is 5.75 Å². The predicted molar refractivity (Wildman–Crippen MR) is 54.6 cm³/mol. The van der Waals surface area contributed by atoms with Gasteiger partial charge in [0.1, 0.15) is 0 Å². The molecule has 0 fully saturated rings. The van der Waals surface area contributed by atoms with E-state index in [4.69, 9.17) is 16.6 Å². The van der Waals surface area contributed by atoms with Gasteiger partial charge in [-0.05, 0) is 0 Å². The zero-order chi connectivity index (χ0) is 13.9. The zero-order valence-electron chi connectivity index (χ0n) is 8.99. The Morgan fingerprint density at radius 1 is 1.50 bits per heavy atom. The molecule has 0 aliphatic rings. The average molecular weight is 265 g/mol. The molecule has 0 aliphatic carbocycles. The molecular weight excluding hydrogens is 255 g/mol. The van der Waals surface area contributed by atoms with E-state index in [1.807, 2.05) is 0 Å². The fourth-order valence-electron chi connectivity index (χ4n) is 1.25. The molecule has 0 amide bonds. The van der Waals surface area contributed by atoms with E-state index >= 15 is 0 Å². The third kappa shape index (κ3) is 3.48. The van der Waals surface area contributed by atoms with Gasteiger partial charge in [0.2, 0.25) is 0 Å². The predicted octanol–water partition coefficient (Wildman–Crippen LogP) is 0.648. The molecule has 1 heterocycles. The van der Waals surface area contributed by atoms with Crippen molar-refractivity contribution in [1.82, 2.24) is 4.98 Å². The molecule has 5 N–H and O–H groups in total.